The van der Waals surface area contributed by atoms with Crippen molar-refractivity contribution < 1.29 is 18.7 Å². The van der Waals surface area contributed by atoms with Crippen LogP contribution >= 0.6 is 0 Å². The fourth-order valence-corrected chi connectivity index (χ4v) is 3.01. The third-order valence-electron chi connectivity index (χ3n) is 4.43. The summed E-state index contributed by atoms with van der Waals surface area (Å²) < 4.78 is 21.5. The number of carbonyl (C=O) groups excluding carboxylic acids is 2. The van der Waals surface area contributed by atoms with Crippen molar-refractivity contribution in [3.63, 3.8) is 0 Å². The minimum atomic E-state index is -0.577. The zero-order valence-corrected chi connectivity index (χ0v) is 15.4. The molecule has 2 aromatic heterocycles. The van der Waals surface area contributed by atoms with Crippen LogP contribution in [0.3, 0.4) is 0 Å². The molecule has 9 nitrogen and oxygen atoms in total. The van der Waals surface area contributed by atoms with Crippen LogP contribution < -0.4 is 10.2 Å². The van der Waals surface area contributed by atoms with Gasteiger partial charge in [-0.3, -0.25) is 9.69 Å². The fourth-order valence-electron chi connectivity index (χ4n) is 3.01. The number of cyclic esters (lactones) is 1. The molecule has 1 aliphatic heterocycles. The molecule has 1 N–H and O–H groups in total. The van der Waals surface area contributed by atoms with Gasteiger partial charge in [0.15, 0.2) is 5.82 Å². The number of rotatable bonds is 5. The number of nitrogens with one attached hydrogen (secondary N) is 1. The largest absolute Gasteiger partial charge is 0.442 e. The van der Waals surface area contributed by atoms with E-state index in [9.17, 15) is 14.0 Å². The maximum absolute atomic E-state index is 14.8. The molecule has 0 unspecified atom stereocenters. The van der Waals surface area contributed by atoms with Crippen LogP contribution in [-0.2, 0) is 9.53 Å². The van der Waals surface area contributed by atoms with Crippen molar-refractivity contribution in [3.8, 4) is 16.9 Å². The number of hydrogen-bond donors (Lipinski definition) is 1. The number of aromatic nitrogens is 4. The van der Waals surface area contributed by atoms with Crippen molar-refractivity contribution in [1.29, 1.82) is 0 Å². The van der Waals surface area contributed by atoms with Crippen LogP contribution in [0.15, 0.2) is 49.2 Å². The summed E-state index contributed by atoms with van der Waals surface area (Å²) in [6, 6.07) is 7.96. The normalized spacial score (nSPS) is 16.0. The highest BCUT2D eigenvalue weighted by atomic mass is 19.1. The standard InChI is InChI=1S/C19H17FN6O3/c1-12(27)22-8-15-9-25(19(28)29-15)14-3-4-16(17(20)6-14)13-2-5-18(23-7-13)26-11-21-10-24-26/h2-7,10-11,15H,8-9H2,1H3,(H,22,27)/t15-/m0/s1. The van der Waals surface area contributed by atoms with Gasteiger partial charge < -0.3 is 10.1 Å². The summed E-state index contributed by atoms with van der Waals surface area (Å²) in [5.74, 6) is -0.137. The number of pyridine rings is 1. The van der Waals surface area contributed by atoms with E-state index in [0.29, 0.717) is 22.6 Å². The number of hydrogen-bond acceptors (Lipinski definition) is 6. The number of carbonyl (C=O) groups is 2. The first kappa shape index (κ1) is 18.5. The van der Waals surface area contributed by atoms with Crippen molar-refractivity contribution in [2.45, 2.75) is 13.0 Å². The highest BCUT2D eigenvalue weighted by Gasteiger charge is 2.32. The Morgan fingerprint density at radius 1 is 1.34 bits per heavy atom. The second-order valence-electron chi connectivity index (χ2n) is 6.46. The second kappa shape index (κ2) is 7.66. The van der Waals surface area contributed by atoms with Crippen LogP contribution in [0.1, 0.15) is 6.92 Å². The molecular weight excluding hydrogens is 379 g/mol. The van der Waals surface area contributed by atoms with Gasteiger partial charge >= 0.3 is 6.09 Å². The first-order valence-electron chi connectivity index (χ1n) is 8.85. The maximum atomic E-state index is 14.8. The van der Waals surface area contributed by atoms with Gasteiger partial charge in [-0.05, 0) is 30.3 Å². The highest BCUT2D eigenvalue weighted by molar-refractivity contribution is 5.90. The molecule has 1 aliphatic rings. The van der Waals surface area contributed by atoms with Gasteiger partial charge in [-0.15, -0.1) is 0 Å². The zero-order chi connectivity index (χ0) is 20.4. The zero-order valence-electron chi connectivity index (χ0n) is 15.4. The van der Waals surface area contributed by atoms with Crippen molar-refractivity contribution in [1.82, 2.24) is 25.1 Å². The Bertz CT molecular complexity index is 1040. The Kier molecular flexibility index (Phi) is 4.90. The Labute approximate surface area is 165 Å². The molecule has 29 heavy (non-hydrogen) atoms. The fraction of sp³-hybridized carbons (Fsp3) is 0.211. The van der Waals surface area contributed by atoms with Gasteiger partial charge in [0.2, 0.25) is 5.91 Å². The Morgan fingerprint density at radius 2 is 2.21 bits per heavy atom. The van der Waals surface area contributed by atoms with Gasteiger partial charge in [-0.2, -0.15) is 5.10 Å². The average molecular weight is 396 g/mol. The number of ether oxygens (including phenoxy) is 1. The quantitative estimate of drug-likeness (QED) is 0.707. The van der Waals surface area contributed by atoms with Gasteiger partial charge in [0.05, 0.1) is 18.8 Å². The summed E-state index contributed by atoms with van der Waals surface area (Å²) in [6.07, 6.45) is 3.40. The monoisotopic (exact) mass is 396 g/mol. The summed E-state index contributed by atoms with van der Waals surface area (Å²) in [4.78, 5) is 32.6. The molecule has 1 fully saturated rings. The minimum absolute atomic E-state index is 0.210. The van der Waals surface area contributed by atoms with Crippen molar-refractivity contribution in [2.75, 3.05) is 18.0 Å². The number of benzene rings is 1. The second-order valence-corrected chi connectivity index (χ2v) is 6.46. The Morgan fingerprint density at radius 3 is 2.86 bits per heavy atom. The summed E-state index contributed by atoms with van der Waals surface area (Å²) in [7, 11) is 0. The molecule has 1 saturated heterocycles. The highest BCUT2D eigenvalue weighted by Crippen LogP contribution is 2.29. The summed E-state index contributed by atoms with van der Waals surface area (Å²) in [6.45, 7) is 1.82. The summed E-state index contributed by atoms with van der Waals surface area (Å²) in [5.41, 5.74) is 1.33. The van der Waals surface area contributed by atoms with E-state index in [1.54, 1.807) is 30.5 Å². The molecule has 3 aromatic rings. The molecule has 4 rings (SSSR count). The van der Waals surface area contributed by atoms with Gasteiger partial charge in [0.25, 0.3) is 0 Å². The first-order chi connectivity index (χ1) is 14.0. The van der Waals surface area contributed by atoms with E-state index in [-0.39, 0.29) is 19.0 Å². The van der Waals surface area contributed by atoms with Crippen molar-refractivity contribution in [2.24, 2.45) is 0 Å². The molecule has 148 valence electrons. The van der Waals surface area contributed by atoms with E-state index in [1.165, 1.54) is 35.2 Å². The summed E-state index contributed by atoms with van der Waals surface area (Å²) >= 11 is 0. The molecule has 0 radical (unpaired) electrons. The van der Waals surface area contributed by atoms with Crippen LogP contribution in [0.5, 0.6) is 0 Å². The van der Waals surface area contributed by atoms with E-state index in [1.807, 2.05) is 0 Å². The minimum Gasteiger partial charge on any atom is -0.442 e. The third kappa shape index (κ3) is 3.91. The molecule has 3 heterocycles. The van der Waals surface area contributed by atoms with Gasteiger partial charge in [0, 0.05) is 24.2 Å². The van der Waals surface area contributed by atoms with Gasteiger partial charge in [0.1, 0.15) is 24.6 Å². The van der Waals surface area contributed by atoms with Crippen molar-refractivity contribution >= 4 is 17.7 Å². The SMILES string of the molecule is CC(=O)NC[C@H]1CN(c2ccc(-c3ccc(-n4cncn4)nc3)c(F)c2)C(=O)O1. The van der Waals surface area contributed by atoms with Gasteiger partial charge in [-0.1, -0.05) is 0 Å². The molecule has 0 bridgehead atoms. The van der Waals surface area contributed by atoms with E-state index < -0.39 is 18.0 Å². The van der Waals surface area contributed by atoms with Crippen LogP contribution in [0.4, 0.5) is 14.9 Å². The number of halogens is 1. The lowest BCUT2D eigenvalue weighted by Gasteiger charge is -2.14. The third-order valence-corrected chi connectivity index (χ3v) is 4.43. The molecule has 0 saturated carbocycles. The van der Waals surface area contributed by atoms with E-state index in [2.05, 4.69) is 20.4 Å². The molecular formula is C19H17FN6O3. The lowest BCUT2D eigenvalue weighted by molar-refractivity contribution is -0.119. The molecule has 1 atom stereocenters. The predicted molar refractivity (Wildman–Crippen MR) is 101 cm³/mol. The van der Waals surface area contributed by atoms with E-state index >= 15 is 0 Å². The number of anilines is 1. The van der Waals surface area contributed by atoms with E-state index in [0.717, 1.165) is 0 Å². The van der Waals surface area contributed by atoms with Crippen LogP contribution in [0, 0.1) is 5.82 Å². The Hall–Kier alpha value is -3.82. The van der Waals surface area contributed by atoms with Crippen LogP contribution in [0.25, 0.3) is 16.9 Å². The lowest BCUT2D eigenvalue weighted by Crippen LogP contribution is -2.33. The van der Waals surface area contributed by atoms with E-state index in [4.69, 9.17) is 4.74 Å². The molecule has 10 heteroatoms. The average Bonchev–Trinajstić information content (AvgIpc) is 3.36. The Balaban J connectivity index is 1.51. The summed E-state index contributed by atoms with van der Waals surface area (Å²) in [5, 5.41) is 6.60. The molecule has 1 aromatic carbocycles. The topological polar surface area (TPSA) is 102 Å². The molecule has 2 amide bonds. The molecule has 0 aliphatic carbocycles. The van der Waals surface area contributed by atoms with Crippen LogP contribution in [-0.4, -0.2) is 50.9 Å². The van der Waals surface area contributed by atoms with Crippen molar-refractivity contribution in [3.05, 3.63) is 55.0 Å². The first-order valence-corrected chi connectivity index (χ1v) is 8.85. The lowest BCUT2D eigenvalue weighted by atomic mass is 10.1. The van der Waals surface area contributed by atoms with Crippen LogP contribution in [0.2, 0.25) is 0 Å². The maximum Gasteiger partial charge on any atom is 0.414 e. The smallest absolute Gasteiger partial charge is 0.414 e. The molecule has 0 spiro atoms. The predicted octanol–water partition coefficient (Wildman–Crippen LogP) is 1.93. The number of nitrogens with zero attached hydrogens (tertiary/aromatic N) is 5. The number of amides is 2. The van der Waals surface area contributed by atoms with Gasteiger partial charge in [-0.25, -0.2) is 23.8 Å².